The Hall–Kier alpha value is -2.31. The molecule has 7 heteroatoms. The van der Waals surface area contributed by atoms with Crippen molar-refractivity contribution in [2.24, 2.45) is 0 Å². The Morgan fingerprint density at radius 1 is 1.59 bits per heavy atom. The van der Waals surface area contributed by atoms with Gasteiger partial charge >= 0.3 is 12.1 Å². The van der Waals surface area contributed by atoms with E-state index in [0.717, 1.165) is 0 Å². The first kappa shape index (κ1) is 11.2. The van der Waals surface area contributed by atoms with E-state index < -0.39 is 12.1 Å². The Labute approximate surface area is 96.9 Å². The van der Waals surface area contributed by atoms with Crippen LogP contribution >= 0.6 is 0 Å². The fourth-order valence-corrected chi connectivity index (χ4v) is 1.66. The monoisotopic (exact) mass is 237 g/mol. The summed E-state index contributed by atoms with van der Waals surface area (Å²) in [5.74, 6) is -0.846. The van der Waals surface area contributed by atoms with Crippen molar-refractivity contribution in [2.45, 2.75) is 6.54 Å². The van der Waals surface area contributed by atoms with Crippen molar-refractivity contribution in [1.82, 2.24) is 9.78 Å². The van der Waals surface area contributed by atoms with Gasteiger partial charge in [0, 0.05) is 0 Å². The molecular formula is C10H11N3O4. The van der Waals surface area contributed by atoms with Crippen molar-refractivity contribution in [3.63, 3.8) is 0 Å². The van der Waals surface area contributed by atoms with Crippen molar-refractivity contribution in [3.05, 3.63) is 24.4 Å². The van der Waals surface area contributed by atoms with Crippen LogP contribution in [0.3, 0.4) is 0 Å². The lowest BCUT2D eigenvalue weighted by atomic mass is 10.3. The molecule has 0 fully saturated rings. The molecule has 1 aliphatic rings. The summed E-state index contributed by atoms with van der Waals surface area (Å²) in [7, 11) is 0. The van der Waals surface area contributed by atoms with Gasteiger partial charge in [0.15, 0.2) is 5.82 Å². The first-order valence-corrected chi connectivity index (χ1v) is 4.99. The minimum atomic E-state index is -1.12. The highest BCUT2D eigenvalue weighted by Gasteiger charge is 2.32. The van der Waals surface area contributed by atoms with Crippen LogP contribution in [0.25, 0.3) is 0 Å². The minimum absolute atomic E-state index is 0.00180. The van der Waals surface area contributed by atoms with Gasteiger partial charge in [-0.25, -0.2) is 14.3 Å². The van der Waals surface area contributed by atoms with Gasteiger partial charge in [0.05, 0.1) is 19.3 Å². The van der Waals surface area contributed by atoms with E-state index in [9.17, 15) is 9.59 Å². The number of carbonyl (C=O) groups excluding carboxylic acids is 1. The van der Waals surface area contributed by atoms with Crippen molar-refractivity contribution < 1.29 is 19.4 Å². The standard InChI is InChI=1S/C10H11N3O4/c1-2-5-17-10(16)12-3-4-13-8(12)7(6-11-13)9(14)15/h2,6H,1,3-5H2,(H,14,15). The van der Waals surface area contributed by atoms with E-state index in [-0.39, 0.29) is 18.0 Å². The largest absolute Gasteiger partial charge is 0.477 e. The second-order valence-corrected chi connectivity index (χ2v) is 3.43. The maximum Gasteiger partial charge on any atom is 0.415 e. The fourth-order valence-electron chi connectivity index (χ4n) is 1.66. The van der Waals surface area contributed by atoms with E-state index in [2.05, 4.69) is 11.7 Å². The van der Waals surface area contributed by atoms with Gasteiger partial charge in [-0.15, -0.1) is 0 Å². The number of anilines is 1. The molecule has 1 aromatic rings. The molecule has 17 heavy (non-hydrogen) atoms. The Kier molecular flexibility index (Phi) is 2.82. The van der Waals surface area contributed by atoms with Gasteiger partial charge < -0.3 is 9.84 Å². The van der Waals surface area contributed by atoms with Gasteiger partial charge in [0.25, 0.3) is 0 Å². The Morgan fingerprint density at radius 2 is 2.35 bits per heavy atom. The third-order valence-electron chi connectivity index (χ3n) is 2.38. The van der Waals surface area contributed by atoms with Crippen LogP contribution in [0.15, 0.2) is 18.9 Å². The minimum Gasteiger partial charge on any atom is -0.477 e. The second kappa shape index (κ2) is 4.28. The molecule has 1 aromatic heterocycles. The summed E-state index contributed by atoms with van der Waals surface area (Å²) in [6.45, 7) is 4.35. The molecule has 0 saturated heterocycles. The highest BCUT2D eigenvalue weighted by Crippen LogP contribution is 2.26. The molecule has 1 N–H and O–H groups in total. The zero-order chi connectivity index (χ0) is 12.4. The van der Waals surface area contributed by atoms with Gasteiger partial charge in [0.1, 0.15) is 12.2 Å². The number of nitrogens with zero attached hydrogens (tertiary/aromatic N) is 3. The number of hydrogen-bond donors (Lipinski definition) is 1. The quantitative estimate of drug-likeness (QED) is 0.783. The highest BCUT2D eigenvalue weighted by atomic mass is 16.6. The lowest BCUT2D eigenvalue weighted by Crippen LogP contribution is -2.30. The van der Waals surface area contributed by atoms with Gasteiger partial charge in [-0.1, -0.05) is 12.7 Å². The van der Waals surface area contributed by atoms with Crippen LogP contribution in [0.4, 0.5) is 10.6 Å². The van der Waals surface area contributed by atoms with E-state index >= 15 is 0 Å². The molecule has 90 valence electrons. The van der Waals surface area contributed by atoms with Gasteiger partial charge in [0.2, 0.25) is 0 Å². The predicted molar refractivity (Wildman–Crippen MR) is 58.1 cm³/mol. The zero-order valence-electron chi connectivity index (χ0n) is 9.00. The van der Waals surface area contributed by atoms with Crippen molar-refractivity contribution in [3.8, 4) is 0 Å². The third-order valence-corrected chi connectivity index (χ3v) is 2.38. The van der Waals surface area contributed by atoms with Crippen LogP contribution in [0, 0.1) is 0 Å². The van der Waals surface area contributed by atoms with Gasteiger partial charge in [-0.05, 0) is 0 Å². The van der Waals surface area contributed by atoms with Crippen LogP contribution < -0.4 is 4.90 Å². The molecule has 2 rings (SSSR count). The lowest BCUT2D eigenvalue weighted by Gasteiger charge is -2.14. The van der Waals surface area contributed by atoms with Crippen molar-refractivity contribution in [1.29, 1.82) is 0 Å². The highest BCUT2D eigenvalue weighted by molar-refractivity contribution is 5.99. The zero-order valence-corrected chi connectivity index (χ0v) is 9.00. The maximum atomic E-state index is 11.7. The molecule has 1 amide bonds. The van der Waals surface area contributed by atoms with E-state index in [4.69, 9.17) is 9.84 Å². The predicted octanol–water partition coefficient (Wildman–Crippen LogP) is 0.724. The van der Waals surface area contributed by atoms with Crippen LogP contribution in [-0.2, 0) is 11.3 Å². The van der Waals surface area contributed by atoms with Gasteiger partial charge in [-0.3, -0.25) is 4.90 Å². The maximum absolute atomic E-state index is 11.7. The average Bonchev–Trinajstić information content (AvgIpc) is 2.85. The first-order valence-electron chi connectivity index (χ1n) is 4.99. The smallest absolute Gasteiger partial charge is 0.415 e. The first-order chi connectivity index (χ1) is 8.15. The summed E-state index contributed by atoms with van der Waals surface area (Å²) in [6.07, 6.45) is 2.08. The summed E-state index contributed by atoms with van der Waals surface area (Å²) in [4.78, 5) is 23.9. The van der Waals surface area contributed by atoms with Crippen LogP contribution in [0.2, 0.25) is 0 Å². The average molecular weight is 237 g/mol. The number of carboxylic acids is 1. The number of carbonyl (C=O) groups is 2. The molecule has 0 spiro atoms. The number of aromatic nitrogens is 2. The van der Waals surface area contributed by atoms with E-state index in [1.54, 1.807) is 0 Å². The summed E-state index contributed by atoms with van der Waals surface area (Å²) >= 11 is 0. The van der Waals surface area contributed by atoms with E-state index in [1.165, 1.54) is 21.9 Å². The van der Waals surface area contributed by atoms with Crippen molar-refractivity contribution in [2.75, 3.05) is 18.1 Å². The number of fused-ring (bicyclic) bond motifs is 1. The van der Waals surface area contributed by atoms with Crippen LogP contribution in [0.1, 0.15) is 10.4 Å². The molecule has 0 aliphatic carbocycles. The number of aromatic carboxylic acids is 1. The Bertz CT molecular complexity index is 480. The number of rotatable bonds is 3. The Balaban J connectivity index is 2.25. The number of amides is 1. The van der Waals surface area contributed by atoms with Crippen LogP contribution in [0.5, 0.6) is 0 Å². The molecular weight excluding hydrogens is 226 g/mol. The second-order valence-electron chi connectivity index (χ2n) is 3.43. The number of ether oxygens (including phenoxy) is 1. The summed E-state index contributed by atoms with van der Waals surface area (Å²) in [5.41, 5.74) is -0.00180. The molecule has 0 radical (unpaired) electrons. The molecule has 0 aromatic carbocycles. The Morgan fingerprint density at radius 3 is 3.00 bits per heavy atom. The van der Waals surface area contributed by atoms with Crippen LogP contribution in [-0.4, -0.2) is 40.1 Å². The number of hydrogen-bond acceptors (Lipinski definition) is 4. The molecule has 2 heterocycles. The molecule has 7 nitrogen and oxygen atoms in total. The summed E-state index contributed by atoms with van der Waals surface area (Å²) < 4.78 is 6.34. The lowest BCUT2D eigenvalue weighted by molar-refractivity contribution is 0.0698. The molecule has 0 saturated carbocycles. The molecule has 1 aliphatic heterocycles. The third kappa shape index (κ3) is 1.86. The fraction of sp³-hybridized carbons (Fsp3) is 0.300. The van der Waals surface area contributed by atoms with Crippen molar-refractivity contribution >= 4 is 17.9 Å². The molecule has 0 unspecified atom stereocenters. The normalized spacial score (nSPS) is 13.3. The SMILES string of the molecule is C=CCOC(=O)N1CCn2ncc(C(=O)O)c21. The molecule has 0 bridgehead atoms. The summed E-state index contributed by atoms with van der Waals surface area (Å²) in [5, 5.41) is 12.9. The summed E-state index contributed by atoms with van der Waals surface area (Å²) in [6, 6.07) is 0. The number of carboxylic acid groups (broad SMARTS) is 1. The van der Waals surface area contributed by atoms with E-state index in [0.29, 0.717) is 13.1 Å². The topological polar surface area (TPSA) is 84.7 Å². The molecule has 0 atom stereocenters. The van der Waals surface area contributed by atoms with Gasteiger partial charge in [-0.2, -0.15) is 5.10 Å². The van der Waals surface area contributed by atoms with E-state index in [1.807, 2.05) is 0 Å².